The van der Waals surface area contributed by atoms with Crippen LogP contribution in [0.3, 0.4) is 0 Å². The fourth-order valence-corrected chi connectivity index (χ4v) is 2.92. The van der Waals surface area contributed by atoms with Crippen LogP contribution in [-0.4, -0.2) is 51.7 Å². The number of benzene rings is 1. The fourth-order valence-electron chi connectivity index (χ4n) is 2.92. The first-order valence-corrected chi connectivity index (χ1v) is 8.59. The van der Waals surface area contributed by atoms with Crippen LogP contribution in [0.5, 0.6) is 0 Å². The minimum Gasteiger partial charge on any atom is -0.465 e. The molecule has 0 amide bonds. The van der Waals surface area contributed by atoms with Crippen molar-refractivity contribution in [3.8, 4) is 0 Å². The molecule has 0 bridgehead atoms. The van der Waals surface area contributed by atoms with Gasteiger partial charge < -0.3 is 19.7 Å². The van der Waals surface area contributed by atoms with E-state index >= 15 is 0 Å². The first kappa shape index (κ1) is 19.7. The average molecular weight is 388 g/mol. The molecule has 1 fully saturated rings. The molecule has 9 nitrogen and oxygen atoms in total. The van der Waals surface area contributed by atoms with Gasteiger partial charge in [0.05, 0.1) is 30.9 Å². The van der Waals surface area contributed by atoms with Crippen LogP contribution in [-0.2, 0) is 9.47 Å². The van der Waals surface area contributed by atoms with Gasteiger partial charge in [0.1, 0.15) is 12.3 Å². The Bertz CT molecular complexity index is 991. The van der Waals surface area contributed by atoms with E-state index < -0.39 is 35.7 Å². The van der Waals surface area contributed by atoms with Crippen LogP contribution in [0.2, 0.25) is 0 Å². The third-order valence-corrected chi connectivity index (χ3v) is 4.48. The van der Waals surface area contributed by atoms with Crippen molar-refractivity contribution in [2.45, 2.75) is 24.9 Å². The highest BCUT2D eigenvalue weighted by atomic mass is 16.5. The molecule has 3 atom stereocenters. The van der Waals surface area contributed by atoms with Crippen molar-refractivity contribution in [1.82, 2.24) is 9.55 Å². The number of hydrogen-bond donors (Lipinski definition) is 3. The Balaban J connectivity index is 1.84. The topological polar surface area (TPSA) is 131 Å². The lowest BCUT2D eigenvalue weighted by Gasteiger charge is -2.14. The number of hydrogen-bond acceptors (Lipinski definition) is 7. The molecule has 148 valence electrons. The van der Waals surface area contributed by atoms with Crippen molar-refractivity contribution in [3.63, 3.8) is 0 Å². The van der Waals surface area contributed by atoms with E-state index in [4.69, 9.17) is 4.74 Å². The lowest BCUT2D eigenvalue weighted by molar-refractivity contribution is -0.0459. The molecule has 0 saturated carbocycles. The third-order valence-electron chi connectivity index (χ3n) is 4.48. The summed E-state index contributed by atoms with van der Waals surface area (Å²) < 4.78 is 11.3. The van der Waals surface area contributed by atoms with Gasteiger partial charge in [0.2, 0.25) is 0 Å². The van der Waals surface area contributed by atoms with Gasteiger partial charge in [-0.15, -0.1) is 0 Å². The predicted octanol–water partition coefficient (Wildman–Crippen LogP) is 0.134. The maximum absolute atomic E-state index is 12.1. The van der Waals surface area contributed by atoms with Crippen LogP contribution in [0.15, 0.2) is 40.1 Å². The quantitative estimate of drug-likeness (QED) is 0.621. The number of ether oxygens (including phenoxy) is 2. The number of aliphatic hydroxyl groups excluding tert-OH is 2. The van der Waals surface area contributed by atoms with Crippen molar-refractivity contribution in [2.24, 2.45) is 0 Å². The van der Waals surface area contributed by atoms with Crippen molar-refractivity contribution >= 4 is 18.1 Å². The summed E-state index contributed by atoms with van der Waals surface area (Å²) in [5.41, 5.74) is 0.114. The summed E-state index contributed by atoms with van der Waals surface area (Å²) in [6.07, 6.45) is 2.17. The van der Waals surface area contributed by atoms with Gasteiger partial charge >= 0.3 is 11.7 Å². The van der Waals surface area contributed by atoms with Gasteiger partial charge in [0, 0.05) is 12.6 Å². The molecule has 3 rings (SSSR count). The molecule has 0 radical (unpaired) electrons. The Morgan fingerprint density at radius 3 is 2.64 bits per heavy atom. The SMILES string of the molecule is COC(=O)c1ccc(C=Cc2cn([C@H]3C[C@H](O)[C@@H](CO)O3)c(=O)[nH]c2=O)cc1. The van der Waals surface area contributed by atoms with Gasteiger partial charge in [-0.3, -0.25) is 14.3 Å². The minimum absolute atomic E-state index is 0.120. The predicted molar refractivity (Wildman–Crippen MR) is 99.7 cm³/mol. The summed E-state index contributed by atoms with van der Waals surface area (Å²) in [6.45, 7) is -0.371. The molecule has 2 aromatic rings. The van der Waals surface area contributed by atoms with Gasteiger partial charge in [0.15, 0.2) is 0 Å². The van der Waals surface area contributed by atoms with Crippen molar-refractivity contribution in [1.29, 1.82) is 0 Å². The smallest absolute Gasteiger partial charge is 0.337 e. The molecule has 1 aliphatic rings. The Hall–Kier alpha value is -3.01. The number of methoxy groups -OCH3 is 1. The minimum atomic E-state index is -0.902. The number of nitrogens with one attached hydrogen (secondary N) is 1. The molecule has 1 saturated heterocycles. The summed E-state index contributed by atoms with van der Waals surface area (Å²) in [7, 11) is 1.30. The maximum Gasteiger partial charge on any atom is 0.337 e. The Labute approximate surface area is 159 Å². The zero-order valence-corrected chi connectivity index (χ0v) is 15.1. The molecular formula is C19H20N2O7. The van der Waals surface area contributed by atoms with Gasteiger partial charge in [0.25, 0.3) is 5.56 Å². The number of nitrogens with zero attached hydrogens (tertiary/aromatic N) is 1. The van der Waals surface area contributed by atoms with Crippen LogP contribution >= 0.6 is 0 Å². The summed E-state index contributed by atoms with van der Waals surface area (Å²) in [4.78, 5) is 37.8. The first-order valence-electron chi connectivity index (χ1n) is 8.59. The summed E-state index contributed by atoms with van der Waals surface area (Å²) in [5.74, 6) is -0.445. The molecule has 0 unspecified atom stereocenters. The second kappa shape index (κ2) is 8.34. The normalized spacial score (nSPS) is 21.9. The number of aliphatic hydroxyl groups is 2. The van der Waals surface area contributed by atoms with E-state index in [1.165, 1.54) is 23.9 Å². The standard InChI is InChI=1S/C19H20N2O7/c1-27-18(25)12-5-2-11(3-6-12)4-7-13-9-21(19(26)20-17(13)24)16-8-14(23)15(10-22)28-16/h2-7,9,14-16,22-23H,8,10H2,1H3,(H,20,24,26)/t14-,15+,16+/m0/s1. The highest BCUT2D eigenvalue weighted by molar-refractivity contribution is 5.89. The molecule has 1 aromatic heterocycles. The largest absolute Gasteiger partial charge is 0.465 e. The number of aromatic nitrogens is 2. The first-order chi connectivity index (χ1) is 13.4. The van der Waals surface area contributed by atoms with Crippen molar-refractivity contribution in [2.75, 3.05) is 13.7 Å². The lowest BCUT2D eigenvalue weighted by Crippen LogP contribution is -2.33. The molecule has 1 aromatic carbocycles. The van der Waals surface area contributed by atoms with Gasteiger partial charge in [-0.05, 0) is 23.8 Å². The van der Waals surface area contributed by atoms with Crippen LogP contribution in [0.4, 0.5) is 0 Å². The van der Waals surface area contributed by atoms with Crippen molar-refractivity contribution < 1.29 is 24.5 Å². The zero-order chi connectivity index (χ0) is 20.3. The number of esters is 1. The Kier molecular flexibility index (Phi) is 5.88. The van der Waals surface area contributed by atoms with E-state index in [9.17, 15) is 24.6 Å². The summed E-state index contributed by atoms with van der Waals surface area (Å²) >= 11 is 0. The van der Waals surface area contributed by atoms with Gasteiger partial charge in [-0.25, -0.2) is 9.59 Å². The highest BCUT2D eigenvalue weighted by Gasteiger charge is 2.35. The number of H-pyrrole nitrogens is 1. The average Bonchev–Trinajstić information content (AvgIpc) is 3.07. The monoisotopic (exact) mass is 388 g/mol. The number of carbonyl (C=O) groups is 1. The molecule has 28 heavy (non-hydrogen) atoms. The molecule has 0 spiro atoms. The zero-order valence-electron chi connectivity index (χ0n) is 15.1. The van der Waals surface area contributed by atoms with E-state index in [2.05, 4.69) is 9.72 Å². The van der Waals surface area contributed by atoms with E-state index in [0.29, 0.717) is 5.56 Å². The van der Waals surface area contributed by atoms with Crippen LogP contribution in [0, 0.1) is 0 Å². The van der Waals surface area contributed by atoms with Crippen molar-refractivity contribution in [3.05, 3.63) is 68.0 Å². The fraction of sp³-hybridized carbons (Fsp3) is 0.316. The molecule has 3 N–H and O–H groups in total. The Morgan fingerprint density at radius 2 is 2.04 bits per heavy atom. The molecular weight excluding hydrogens is 368 g/mol. The molecule has 9 heteroatoms. The Morgan fingerprint density at radius 1 is 1.32 bits per heavy atom. The van der Waals surface area contributed by atoms with Crippen LogP contribution in [0.1, 0.15) is 34.1 Å². The number of aromatic amines is 1. The maximum atomic E-state index is 12.1. The highest BCUT2D eigenvalue weighted by Crippen LogP contribution is 2.27. The van der Waals surface area contributed by atoms with E-state index in [0.717, 1.165) is 5.56 Å². The molecule has 2 heterocycles. The number of carbonyl (C=O) groups excluding carboxylic acids is 1. The summed E-state index contributed by atoms with van der Waals surface area (Å²) in [5, 5.41) is 19.0. The second-order valence-electron chi connectivity index (χ2n) is 6.31. The summed E-state index contributed by atoms with van der Waals surface area (Å²) in [6, 6.07) is 6.57. The number of rotatable bonds is 5. The van der Waals surface area contributed by atoms with Crippen LogP contribution in [0.25, 0.3) is 12.2 Å². The van der Waals surface area contributed by atoms with Gasteiger partial charge in [-0.2, -0.15) is 0 Å². The van der Waals surface area contributed by atoms with E-state index in [1.54, 1.807) is 30.3 Å². The second-order valence-corrected chi connectivity index (χ2v) is 6.31. The van der Waals surface area contributed by atoms with Gasteiger partial charge in [-0.1, -0.05) is 18.2 Å². The third kappa shape index (κ3) is 4.11. The molecule has 0 aliphatic carbocycles. The lowest BCUT2D eigenvalue weighted by atomic mass is 10.1. The van der Waals surface area contributed by atoms with E-state index in [1.807, 2.05) is 0 Å². The van der Waals surface area contributed by atoms with E-state index in [-0.39, 0.29) is 18.6 Å². The van der Waals surface area contributed by atoms with Crippen LogP contribution < -0.4 is 11.2 Å². The molecule has 1 aliphatic heterocycles.